The first-order valence-electron chi connectivity index (χ1n) is 10.5. The first-order valence-corrected chi connectivity index (χ1v) is 10.5. The molecule has 0 radical (unpaired) electrons. The summed E-state index contributed by atoms with van der Waals surface area (Å²) < 4.78 is 23.2. The van der Waals surface area contributed by atoms with Gasteiger partial charge < -0.3 is 18.9 Å². The maximum Gasteiger partial charge on any atom is 0.375 e. The van der Waals surface area contributed by atoms with Crippen molar-refractivity contribution >= 4 is 11.9 Å². The Morgan fingerprint density at radius 3 is 2.43 bits per heavy atom. The summed E-state index contributed by atoms with van der Waals surface area (Å²) in [6, 6.07) is 15.9. The molecule has 0 saturated carbocycles. The number of hydrogen-bond donors (Lipinski definition) is 0. The second-order valence-corrected chi connectivity index (χ2v) is 7.04. The number of carbonyl (C=O) groups excluding carboxylic acids is 2. The Hall–Kier alpha value is -4.58. The lowest BCUT2D eigenvalue weighted by molar-refractivity contribution is 0.0129. The molecule has 12 heteroatoms. The minimum atomic E-state index is -0.696. The van der Waals surface area contributed by atoms with Crippen LogP contribution in [0.5, 0.6) is 5.75 Å². The molecule has 0 atom stereocenters. The zero-order valence-corrected chi connectivity index (χ0v) is 19.0. The van der Waals surface area contributed by atoms with Crippen LogP contribution >= 0.6 is 0 Å². The molecule has 0 aliphatic carbocycles. The fraction of sp³-hybridized carbons (Fsp3) is 0.217. The summed E-state index contributed by atoms with van der Waals surface area (Å²) in [5.74, 6) is -0.397. The molecule has 0 N–H and O–H groups in total. The van der Waals surface area contributed by atoms with Crippen molar-refractivity contribution in [3.05, 3.63) is 72.2 Å². The summed E-state index contributed by atoms with van der Waals surface area (Å²) in [7, 11) is 2.83. The van der Waals surface area contributed by atoms with Crippen molar-refractivity contribution in [3.63, 3.8) is 0 Å². The predicted octanol–water partition coefficient (Wildman–Crippen LogP) is 2.15. The molecule has 0 saturated heterocycles. The third-order valence-electron chi connectivity index (χ3n) is 4.80. The Morgan fingerprint density at radius 2 is 1.71 bits per heavy atom. The van der Waals surface area contributed by atoms with Crippen molar-refractivity contribution in [2.45, 2.75) is 6.73 Å². The number of nitrogens with zero attached hydrogens (tertiary/aromatic N) is 6. The van der Waals surface area contributed by atoms with Crippen molar-refractivity contribution < 1.29 is 28.5 Å². The first kappa shape index (κ1) is 23.6. The molecular weight excluding hydrogens is 456 g/mol. The zero-order valence-electron chi connectivity index (χ0n) is 19.0. The lowest BCUT2D eigenvalue weighted by Crippen LogP contribution is -2.17. The highest BCUT2D eigenvalue weighted by atomic mass is 16.6. The second-order valence-electron chi connectivity index (χ2n) is 7.04. The van der Waals surface area contributed by atoms with Crippen LogP contribution in [0.4, 0.5) is 0 Å². The number of methoxy groups -OCH3 is 2. The van der Waals surface area contributed by atoms with Crippen LogP contribution in [0.3, 0.4) is 0 Å². The van der Waals surface area contributed by atoms with Crippen LogP contribution in [0, 0.1) is 0 Å². The molecule has 2 aromatic carbocycles. The van der Waals surface area contributed by atoms with Gasteiger partial charge in [-0.05, 0) is 36.4 Å². The van der Waals surface area contributed by atoms with Crippen molar-refractivity contribution in [3.8, 4) is 23.0 Å². The van der Waals surface area contributed by atoms with E-state index in [-0.39, 0.29) is 31.7 Å². The maximum atomic E-state index is 12.2. The molecule has 0 aliphatic heterocycles. The Labute approximate surface area is 200 Å². The number of ether oxygens (including phenoxy) is 4. The van der Waals surface area contributed by atoms with Crippen LogP contribution in [0.15, 0.2) is 60.8 Å². The fourth-order valence-corrected chi connectivity index (χ4v) is 3.02. The van der Waals surface area contributed by atoms with Crippen LogP contribution in [-0.4, -0.2) is 69.1 Å². The molecule has 180 valence electrons. The molecular formula is C23H22N6O6. The Balaban J connectivity index is 1.40. The van der Waals surface area contributed by atoms with E-state index in [4.69, 9.17) is 18.9 Å². The Bertz CT molecular complexity index is 1290. The van der Waals surface area contributed by atoms with E-state index in [0.29, 0.717) is 11.3 Å². The van der Waals surface area contributed by atoms with Crippen molar-refractivity contribution in [1.82, 2.24) is 29.8 Å². The number of rotatable bonds is 10. The number of benzene rings is 2. The highest BCUT2D eigenvalue weighted by molar-refractivity contribution is 5.89. The number of aromatic nitrogens is 6. The van der Waals surface area contributed by atoms with Crippen molar-refractivity contribution in [2.24, 2.45) is 0 Å². The van der Waals surface area contributed by atoms with E-state index in [9.17, 15) is 9.59 Å². The number of hydrogen-bond acceptors (Lipinski definition) is 10. The standard InChI is InChI=1S/C23H22N6O6/c1-32-18-10-8-16(9-11-18)19-14-28(27-25-19)23-24-20(22(31)33-2)29(26-23)15-34-12-13-35-21(30)17-6-4-3-5-7-17/h3-11,14H,12-13,15H2,1-2H3. The van der Waals surface area contributed by atoms with Gasteiger partial charge in [-0.15, -0.1) is 10.2 Å². The third-order valence-corrected chi connectivity index (χ3v) is 4.80. The fourth-order valence-electron chi connectivity index (χ4n) is 3.02. The highest BCUT2D eigenvalue weighted by Crippen LogP contribution is 2.20. The van der Waals surface area contributed by atoms with Crippen LogP contribution < -0.4 is 4.74 Å². The van der Waals surface area contributed by atoms with Crippen LogP contribution in [0.25, 0.3) is 17.2 Å². The summed E-state index contributed by atoms with van der Waals surface area (Å²) in [4.78, 5) is 28.3. The maximum absolute atomic E-state index is 12.2. The normalized spacial score (nSPS) is 10.7. The summed E-state index contributed by atoms with van der Waals surface area (Å²) in [6.07, 6.45) is 1.63. The smallest absolute Gasteiger partial charge is 0.375 e. The predicted molar refractivity (Wildman–Crippen MR) is 121 cm³/mol. The van der Waals surface area contributed by atoms with Crippen LogP contribution in [-0.2, 0) is 20.9 Å². The largest absolute Gasteiger partial charge is 0.497 e. The quantitative estimate of drug-likeness (QED) is 0.247. The lowest BCUT2D eigenvalue weighted by Gasteiger charge is -2.07. The molecule has 12 nitrogen and oxygen atoms in total. The highest BCUT2D eigenvalue weighted by Gasteiger charge is 2.20. The van der Waals surface area contributed by atoms with Gasteiger partial charge >= 0.3 is 11.9 Å². The average Bonchev–Trinajstić information content (AvgIpc) is 3.56. The molecule has 4 rings (SSSR count). The molecule has 35 heavy (non-hydrogen) atoms. The summed E-state index contributed by atoms with van der Waals surface area (Å²) in [6.45, 7) is -0.0170. The molecule has 2 heterocycles. The topological polar surface area (TPSA) is 132 Å². The summed E-state index contributed by atoms with van der Waals surface area (Å²) in [5.41, 5.74) is 1.85. The van der Waals surface area contributed by atoms with E-state index in [0.717, 1.165) is 11.3 Å². The second kappa shape index (κ2) is 11.0. The Morgan fingerprint density at radius 1 is 0.943 bits per heavy atom. The SMILES string of the molecule is COC(=O)c1nc(-n2cc(-c3ccc(OC)cc3)nn2)nn1COCCOC(=O)c1ccccc1. The monoisotopic (exact) mass is 478 g/mol. The van der Waals surface area contributed by atoms with Gasteiger partial charge in [0.1, 0.15) is 24.8 Å². The van der Waals surface area contributed by atoms with Crippen LogP contribution in [0.2, 0.25) is 0 Å². The first-order chi connectivity index (χ1) is 17.1. The van der Waals surface area contributed by atoms with Gasteiger partial charge in [0.2, 0.25) is 5.82 Å². The van der Waals surface area contributed by atoms with E-state index in [1.165, 1.54) is 16.5 Å². The number of carbonyl (C=O) groups is 2. The van der Waals surface area contributed by atoms with E-state index < -0.39 is 11.9 Å². The molecule has 0 spiro atoms. The van der Waals surface area contributed by atoms with Gasteiger partial charge in [-0.2, -0.15) is 9.67 Å². The zero-order chi connectivity index (χ0) is 24.6. The Kier molecular flexibility index (Phi) is 7.43. The van der Waals surface area contributed by atoms with Gasteiger partial charge in [0.05, 0.1) is 32.6 Å². The lowest BCUT2D eigenvalue weighted by atomic mass is 10.2. The molecule has 0 amide bonds. The van der Waals surface area contributed by atoms with Crippen molar-refractivity contribution in [2.75, 3.05) is 27.4 Å². The minimum absolute atomic E-state index is 0.0249. The minimum Gasteiger partial charge on any atom is -0.497 e. The summed E-state index contributed by atoms with van der Waals surface area (Å²) in [5, 5.41) is 12.5. The average molecular weight is 478 g/mol. The molecule has 0 unspecified atom stereocenters. The summed E-state index contributed by atoms with van der Waals surface area (Å²) >= 11 is 0. The van der Waals surface area contributed by atoms with Gasteiger partial charge in [-0.25, -0.2) is 14.3 Å². The van der Waals surface area contributed by atoms with Gasteiger partial charge in [0, 0.05) is 5.56 Å². The van der Waals surface area contributed by atoms with E-state index in [1.54, 1.807) is 37.6 Å². The molecule has 0 fully saturated rings. The van der Waals surface area contributed by atoms with E-state index >= 15 is 0 Å². The van der Waals surface area contributed by atoms with Gasteiger partial charge in [0.25, 0.3) is 5.95 Å². The third kappa shape index (κ3) is 5.68. The molecule has 0 bridgehead atoms. The van der Waals surface area contributed by atoms with E-state index in [2.05, 4.69) is 20.4 Å². The molecule has 4 aromatic rings. The number of esters is 2. The van der Waals surface area contributed by atoms with Gasteiger partial charge in [0.15, 0.2) is 0 Å². The van der Waals surface area contributed by atoms with Gasteiger partial charge in [-0.3, -0.25) is 0 Å². The van der Waals surface area contributed by atoms with Crippen molar-refractivity contribution in [1.29, 1.82) is 0 Å². The van der Waals surface area contributed by atoms with E-state index in [1.807, 2.05) is 30.3 Å². The molecule has 2 aromatic heterocycles. The van der Waals surface area contributed by atoms with Gasteiger partial charge in [-0.1, -0.05) is 23.4 Å². The molecule has 0 aliphatic rings. The van der Waals surface area contributed by atoms with Crippen LogP contribution in [0.1, 0.15) is 21.0 Å².